The monoisotopic (exact) mass is 425 g/mol. The number of halogens is 1. The molecule has 0 atom stereocenters. The number of fused-ring (bicyclic) bond motifs is 1. The van der Waals surface area contributed by atoms with Gasteiger partial charge in [-0.3, -0.25) is 4.79 Å². The number of hydrogen-bond acceptors (Lipinski definition) is 6. The van der Waals surface area contributed by atoms with E-state index in [2.05, 4.69) is 17.6 Å². The van der Waals surface area contributed by atoms with Crippen LogP contribution < -0.4 is 5.73 Å². The molecule has 0 bridgehead atoms. The van der Waals surface area contributed by atoms with Gasteiger partial charge in [-0.25, -0.2) is 17.4 Å². The quantitative estimate of drug-likeness (QED) is 0.317. The molecule has 0 fully saturated rings. The maximum atomic E-state index is 13.3. The lowest BCUT2D eigenvalue weighted by Crippen LogP contribution is -2.16. The highest BCUT2D eigenvalue weighted by atomic mass is 35.5. The molecule has 3 aromatic rings. The van der Waals surface area contributed by atoms with E-state index in [1.165, 1.54) is 28.2 Å². The number of nitrogens with zero attached hydrogens (tertiary/aromatic N) is 2. The van der Waals surface area contributed by atoms with E-state index < -0.39 is 16.0 Å². The minimum absolute atomic E-state index is 0.00438. The van der Waals surface area contributed by atoms with Crippen molar-refractivity contribution in [2.45, 2.75) is 29.1 Å². The van der Waals surface area contributed by atoms with E-state index in [0.29, 0.717) is 21.6 Å². The van der Waals surface area contributed by atoms with Gasteiger partial charge in [-0.15, -0.1) is 12.6 Å². The highest BCUT2D eigenvalue weighted by molar-refractivity contribution is 7.90. The minimum atomic E-state index is -3.98. The largest absolute Gasteiger partial charge is 0.481 e. The Bertz CT molecular complexity index is 1140. The van der Waals surface area contributed by atoms with Crippen molar-refractivity contribution in [3.63, 3.8) is 0 Å². The number of nitrogen functional groups attached to an aromatic ring is 1. The summed E-state index contributed by atoms with van der Waals surface area (Å²) in [7, 11) is -3.98. The fraction of sp³-hybridized carbons (Fsp3) is 0.176. The lowest BCUT2D eigenvalue weighted by molar-refractivity contribution is -0.137. The van der Waals surface area contributed by atoms with E-state index in [9.17, 15) is 13.2 Å². The summed E-state index contributed by atoms with van der Waals surface area (Å²) in [5.41, 5.74) is 7.25. The third-order valence-electron chi connectivity index (χ3n) is 4.01. The van der Waals surface area contributed by atoms with Crippen LogP contribution in [0.25, 0.3) is 11.0 Å². The van der Waals surface area contributed by atoms with Crippen LogP contribution in [-0.2, 0) is 21.2 Å². The molecule has 7 nitrogen and oxygen atoms in total. The van der Waals surface area contributed by atoms with Gasteiger partial charge in [-0.2, -0.15) is 0 Å². The van der Waals surface area contributed by atoms with Crippen molar-refractivity contribution in [2.24, 2.45) is 0 Å². The van der Waals surface area contributed by atoms with Crippen LogP contribution in [0, 0.1) is 0 Å². The fourth-order valence-electron chi connectivity index (χ4n) is 2.77. The number of pyridine rings is 1. The van der Waals surface area contributed by atoms with Crippen molar-refractivity contribution in [3.8, 4) is 0 Å². The van der Waals surface area contributed by atoms with Gasteiger partial charge in [0, 0.05) is 22.7 Å². The number of aromatic nitrogens is 2. The summed E-state index contributed by atoms with van der Waals surface area (Å²) in [5, 5.41) is 9.09. The molecule has 0 amide bonds. The van der Waals surface area contributed by atoms with Crippen LogP contribution in [0.4, 0.5) is 5.69 Å². The van der Waals surface area contributed by atoms with Gasteiger partial charge < -0.3 is 10.8 Å². The zero-order valence-electron chi connectivity index (χ0n) is 14.0. The molecule has 0 aliphatic rings. The summed E-state index contributed by atoms with van der Waals surface area (Å²) in [5.74, 6) is -0.946. The number of carboxylic acids is 1. The maximum absolute atomic E-state index is 13.3. The highest BCUT2D eigenvalue weighted by Gasteiger charge is 2.24. The summed E-state index contributed by atoms with van der Waals surface area (Å²) in [6, 6.07) is 8.95. The number of aliphatic carboxylic acids is 1. The number of aryl methyl sites for hydroxylation is 1. The molecular weight excluding hydrogens is 410 g/mol. The molecule has 3 N–H and O–H groups in total. The van der Waals surface area contributed by atoms with E-state index in [0.717, 1.165) is 0 Å². The van der Waals surface area contributed by atoms with Gasteiger partial charge in [0.1, 0.15) is 5.15 Å². The Hall–Kier alpha value is -2.23. The van der Waals surface area contributed by atoms with Gasteiger partial charge in [0.15, 0.2) is 0 Å². The summed E-state index contributed by atoms with van der Waals surface area (Å²) in [6.07, 6.45) is 0.462. The lowest BCUT2D eigenvalue weighted by atomic mass is 10.2. The average molecular weight is 426 g/mol. The number of carboxylic acid groups (broad SMARTS) is 1. The van der Waals surface area contributed by atoms with E-state index in [-0.39, 0.29) is 35.0 Å². The molecule has 0 spiro atoms. The molecule has 2 heterocycles. The number of benzene rings is 1. The molecular formula is C17H16ClN3O4S2. The van der Waals surface area contributed by atoms with Gasteiger partial charge in [0.25, 0.3) is 10.0 Å². The van der Waals surface area contributed by atoms with E-state index in [1.54, 1.807) is 12.1 Å². The van der Waals surface area contributed by atoms with E-state index >= 15 is 0 Å². The second kappa shape index (κ2) is 7.41. The van der Waals surface area contributed by atoms with Crippen molar-refractivity contribution in [2.75, 3.05) is 5.73 Å². The van der Waals surface area contributed by atoms with Gasteiger partial charge >= 0.3 is 5.97 Å². The molecule has 0 radical (unpaired) electrons. The molecule has 0 unspecified atom stereocenters. The first-order valence-corrected chi connectivity index (χ1v) is 10.2. The highest BCUT2D eigenvalue weighted by Crippen LogP contribution is 2.29. The molecule has 1 aromatic carbocycles. The Balaban J connectivity index is 2.17. The molecule has 27 heavy (non-hydrogen) atoms. The fourth-order valence-corrected chi connectivity index (χ4v) is 4.65. The summed E-state index contributed by atoms with van der Waals surface area (Å²) in [4.78, 5) is 15.4. The summed E-state index contributed by atoms with van der Waals surface area (Å²) < 4.78 is 27.7. The molecule has 0 aliphatic carbocycles. The van der Waals surface area contributed by atoms with Gasteiger partial charge in [-0.1, -0.05) is 11.6 Å². The smallest absolute Gasteiger partial charge is 0.303 e. The zero-order valence-corrected chi connectivity index (χ0v) is 16.4. The van der Waals surface area contributed by atoms with Crippen molar-refractivity contribution < 1.29 is 18.3 Å². The Morgan fingerprint density at radius 3 is 2.67 bits per heavy atom. The zero-order chi connectivity index (χ0) is 19.8. The summed E-state index contributed by atoms with van der Waals surface area (Å²) in [6.45, 7) is 0. The van der Waals surface area contributed by atoms with Crippen molar-refractivity contribution in [3.05, 3.63) is 47.2 Å². The third kappa shape index (κ3) is 3.90. The topological polar surface area (TPSA) is 115 Å². The first-order valence-electron chi connectivity index (χ1n) is 7.93. The Labute approximate surface area is 166 Å². The van der Waals surface area contributed by atoms with Crippen molar-refractivity contribution in [1.82, 2.24) is 8.96 Å². The minimum Gasteiger partial charge on any atom is -0.481 e. The molecule has 2 aromatic heterocycles. The average Bonchev–Trinajstić information content (AvgIpc) is 2.94. The van der Waals surface area contributed by atoms with Crippen molar-refractivity contribution in [1.29, 1.82) is 0 Å². The van der Waals surface area contributed by atoms with Crippen LogP contribution in [0.2, 0.25) is 5.15 Å². The van der Waals surface area contributed by atoms with Crippen LogP contribution >= 0.6 is 24.2 Å². The Morgan fingerprint density at radius 1 is 1.26 bits per heavy atom. The predicted molar refractivity (Wildman–Crippen MR) is 106 cm³/mol. The predicted octanol–water partition coefficient (Wildman–Crippen LogP) is 3.20. The number of thiol groups is 1. The lowest BCUT2D eigenvalue weighted by Gasteiger charge is -2.13. The van der Waals surface area contributed by atoms with Crippen LogP contribution in [0.5, 0.6) is 0 Å². The molecule has 10 heteroatoms. The second-order valence-corrected chi connectivity index (χ2v) is 8.57. The molecule has 142 valence electrons. The maximum Gasteiger partial charge on any atom is 0.303 e. The van der Waals surface area contributed by atoms with Gasteiger partial charge in [0.2, 0.25) is 0 Å². The molecule has 0 saturated heterocycles. The number of carbonyl (C=O) groups is 1. The van der Waals surface area contributed by atoms with E-state index in [1.807, 2.05) is 0 Å². The number of hydrogen-bond donors (Lipinski definition) is 3. The first kappa shape index (κ1) is 19.5. The van der Waals surface area contributed by atoms with Gasteiger partial charge in [0.05, 0.1) is 15.9 Å². The number of anilines is 1. The van der Waals surface area contributed by atoms with Crippen LogP contribution in [0.1, 0.15) is 18.5 Å². The number of rotatable bonds is 6. The Kier molecular flexibility index (Phi) is 5.36. The summed E-state index contributed by atoms with van der Waals surface area (Å²) >= 11 is 10.1. The Morgan fingerprint density at radius 2 is 2.00 bits per heavy atom. The van der Waals surface area contributed by atoms with Crippen LogP contribution in [0.15, 0.2) is 46.2 Å². The first-order chi connectivity index (χ1) is 12.7. The van der Waals surface area contributed by atoms with E-state index in [4.69, 9.17) is 22.4 Å². The third-order valence-corrected chi connectivity index (χ3v) is 6.39. The normalized spacial score (nSPS) is 11.8. The van der Waals surface area contributed by atoms with Gasteiger partial charge in [-0.05, 0) is 49.2 Å². The van der Waals surface area contributed by atoms with Crippen molar-refractivity contribution >= 4 is 56.9 Å². The van der Waals surface area contributed by atoms with Crippen LogP contribution in [-0.4, -0.2) is 28.5 Å². The molecule has 3 rings (SSSR count). The standard InChI is InChI=1S/C17H16ClN3O4S2/c18-16-7-5-14-13(20-16)8-10(2-1-3-17(22)23)21(14)27(24,25)11-4-6-15(26)12(19)9-11/h4-9,26H,1-3,19H2,(H,22,23). The SMILES string of the molecule is Nc1cc(S(=O)(=O)n2c(CCCC(=O)O)cc3nc(Cl)ccc32)ccc1S. The molecule has 0 aliphatic heterocycles. The number of nitrogens with two attached hydrogens (primary N) is 1. The second-order valence-electron chi connectivity index (χ2n) is 5.91. The van der Waals surface area contributed by atoms with Crippen LogP contribution in [0.3, 0.4) is 0 Å². The molecule has 0 saturated carbocycles.